The summed E-state index contributed by atoms with van der Waals surface area (Å²) >= 11 is 0. The molecule has 170 valence electrons. The number of amides is 3. The van der Waals surface area contributed by atoms with Crippen molar-refractivity contribution < 1.29 is 33.4 Å². The van der Waals surface area contributed by atoms with Crippen LogP contribution in [0.4, 0.5) is 9.59 Å². The van der Waals surface area contributed by atoms with Crippen LogP contribution in [0.15, 0.2) is 30.3 Å². The number of nitrogens with zero attached hydrogens (tertiary/aromatic N) is 2. The summed E-state index contributed by atoms with van der Waals surface area (Å²) in [6.07, 6.45) is -1.43. The fraction of sp³-hybridized carbons (Fsp3) is 0.545. The van der Waals surface area contributed by atoms with Gasteiger partial charge in [0.15, 0.2) is 0 Å². The molecule has 0 spiro atoms. The molecule has 9 heteroatoms. The molecule has 1 aromatic rings. The van der Waals surface area contributed by atoms with Crippen LogP contribution in [0.5, 0.6) is 0 Å². The standard InChI is InChI=1S/C22H30N2O7/c1-6-18(25)24(21(28)31-22(2,3)4)16-12-17(19(26)29-5)23(13-16)20(27)30-14-15-10-8-7-9-11-15/h7-11,16-17H,6,12-14H2,1-5H3/t16-,17+/m1/s1. The monoisotopic (exact) mass is 434 g/mol. The second-order valence-electron chi connectivity index (χ2n) is 8.22. The molecule has 1 aliphatic heterocycles. The van der Waals surface area contributed by atoms with E-state index in [2.05, 4.69) is 0 Å². The summed E-state index contributed by atoms with van der Waals surface area (Å²) in [6, 6.07) is 7.38. The summed E-state index contributed by atoms with van der Waals surface area (Å²) in [7, 11) is 1.21. The normalized spacial score (nSPS) is 18.3. The van der Waals surface area contributed by atoms with Crippen molar-refractivity contribution in [2.24, 2.45) is 0 Å². The molecule has 0 N–H and O–H groups in total. The van der Waals surface area contributed by atoms with Gasteiger partial charge in [0.1, 0.15) is 18.2 Å². The van der Waals surface area contributed by atoms with Crippen molar-refractivity contribution in [1.29, 1.82) is 0 Å². The summed E-state index contributed by atoms with van der Waals surface area (Å²) < 4.78 is 15.6. The first-order chi connectivity index (χ1) is 14.6. The van der Waals surface area contributed by atoms with Gasteiger partial charge in [-0.2, -0.15) is 0 Å². The minimum atomic E-state index is -0.979. The number of rotatable bonds is 5. The predicted molar refractivity (Wildman–Crippen MR) is 111 cm³/mol. The van der Waals surface area contributed by atoms with Crippen LogP contribution >= 0.6 is 0 Å². The van der Waals surface area contributed by atoms with Crippen molar-refractivity contribution >= 4 is 24.1 Å². The van der Waals surface area contributed by atoms with Crippen LogP contribution < -0.4 is 0 Å². The molecule has 2 rings (SSSR count). The van der Waals surface area contributed by atoms with Crippen molar-refractivity contribution in [2.45, 2.75) is 64.8 Å². The first-order valence-corrected chi connectivity index (χ1v) is 10.2. The average molecular weight is 434 g/mol. The zero-order chi connectivity index (χ0) is 23.2. The molecule has 2 atom stereocenters. The number of benzene rings is 1. The Labute approximate surface area is 182 Å². The third kappa shape index (κ3) is 6.44. The van der Waals surface area contributed by atoms with Gasteiger partial charge in [-0.25, -0.2) is 19.3 Å². The zero-order valence-electron chi connectivity index (χ0n) is 18.6. The number of carbonyl (C=O) groups is 4. The minimum absolute atomic E-state index is 0.0262. The molecule has 1 fully saturated rings. The molecule has 1 aliphatic rings. The number of ether oxygens (including phenoxy) is 3. The van der Waals surface area contributed by atoms with E-state index in [-0.39, 0.29) is 26.0 Å². The molecule has 1 heterocycles. The molecule has 0 radical (unpaired) electrons. The predicted octanol–water partition coefficient (Wildman–Crippen LogP) is 3.11. The van der Waals surface area contributed by atoms with Crippen LogP contribution in [0.3, 0.4) is 0 Å². The third-order valence-electron chi connectivity index (χ3n) is 4.72. The summed E-state index contributed by atoms with van der Waals surface area (Å²) in [4.78, 5) is 52.5. The molecule has 3 amide bonds. The van der Waals surface area contributed by atoms with Crippen LogP contribution in [0.1, 0.15) is 46.1 Å². The van der Waals surface area contributed by atoms with Crippen molar-refractivity contribution in [3.05, 3.63) is 35.9 Å². The Bertz CT molecular complexity index is 804. The maximum absolute atomic E-state index is 12.7. The number of likely N-dealkylation sites (tertiary alicyclic amines) is 1. The Kier molecular flexibility index (Phi) is 8.01. The van der Waals surface area contributed by atoms with Crippen molar-refractivity contribution in [2.75, 3.05) is 13.7 Å². The SMILES string of the molecule is CCC(=O)N(C(=O)OC(C)(C)C)[C@@H]1C[C@@H](C(=O)OC)N(C(=O)OCc2ccccc2)C1. The van der Waals surface area contributed by atoms with E-state index < -0.39 is 41.7 Å². The van der Waals surface area contributed by atoms with Crippen molar-refractivity contribution in [3.63, 3.8) is 0 Å². The Hall–Kier alpha value is -3.10. The first kappa shape index (κ1) is 24.2. The van der Waals surface area contributed by atoms with Gasteiger partial charge in [0.2, 0.25) is 5.91 Å². The lowest BCUT2D eigenvalue weighted by molar-refractivity contribution is -0.145. The maximum Gasteiger partial charge on any atom is 0.417 e. The summed E-state index contributed by atoms with van der Waals surface area (Å²) in [5.74, 6) is -1.10. The number of hydrogen-bond acceptors (Lipinski definition) is 7. The van der Waals surface area contributed by atoms with Gasteiger partial charge in [0.05, 0.1) is 13.2 Å². The lowest BCUT2D eigenvalue weighted by atomic mass is 10.1. The second kappa shape index (κ2) is 10.3. The largest absolute Gasteiger partial charge is 0.467 e. The van der Waals surface area contributed by atoms with E-state index in [1.807, 2.05) is 30.3 Å². The van der Waals surface area contributed by atoms with Crippen LogP contribution in [0.2, 0.25) is 0 Å². The summed E-state index contributed by atoms with van der Waals surface area (Å²) in [5, 5.41) is 0. The smallest absolute Gasteiger partial charge is 0.417 e. The van der Waals surface area contributed by atoms with Crippen LogP contribution in [-0.2, 0) is 30.4 Å². The Morgan fingerprint density at radius 1 is 1.13 bits per heavy atom. The molecule has 0 aromatic heterocycles. The van der Waals surface area contributed by atoms with Crippen LogP contribution in [-0.4, -0.2) is 65.2 Å². The van der Waals surface area contributed by atoms with Gasteiger partial charge in [-0.05, 0) is 26.3 Å². The van der Waals surface area contributed by atoms with Crippen LogP contribution in [0.25, 0.3) is 0 Å². The highest BCUT2D eigenvalue weighted by Gasteiger charge is 2.46. The summed E-state index contributed by atoms with van der Waals surface area (Å²) in [6.45, 7) is 6.67. The quantitative estimate of drug-likeness (QED) is 0.518. The number of imide groups is 1. The Morgan fingerprint density at radius 2 is 1.77 bits per heavy atom. The third-order valence-corrected chi connectivity index (χ3v) is 4.72. The zero-order valence-corrected chi connectivity index (χ0v) is 18.6. The number of methoxy groups -OCH3 is 1. The molecule has 0 unspecified atom stereocenters. The molecule has 9 nitrogen and oxygen atoms in total. The van der Waals surface area contributed by atoms with Gasteiger partial charge in [0, 0.05) is 19.4 Å². The molecule has 1 saturated heterocycles. The number of carbonyl (C=O) groups excluding carboxylic acids is 4. The molecule has 1 aromatic carbocycles. The maximum atomic E-state index is 12.7. The molecular weight excluding hydrogens is 404 g/mol. The van der Waals surface area contributed by atoms with E-state index in [1.165, 1.54) is 12.0 Å². The highest BCUT2D eigenvalue weighted by atomic mass is 16.6. The fourth-order valence-electron chi connectivity index (χ4n) is 3.30. The second-order valence-corrected chi connectivity index (χ2v) is 8.22. The van der Waals surface area contributed by atoms with Gasteiger partial charge >= 0.3 is 18.2 Å². The topological polar surface area (TPSA) is 102 Å². The molecule has 0 aliphatic carbocycles. The average Bonchev–Trinajstić information content (AvgIpc) is 3.15. The van der Waals surface area contributed by atoms with Crippen molar-refractivity contribution in [3.8, 4) is 0 Å². The van der Waals surface area contributed by atoms with E-state index in [1.54, 1.807) is 27.7 Å². The first-order valence-electron chi connectivity index (χ1n) is 10.2. The van der Waals surface area contributed by atoms with E-state index in [0.717, 1.165) is 10.5 Å². The Morgan fingerprint density at radius 3 is 2.32 bits per heavy atom. The highest BCUT2D eigenvalue weighted by molar-refractivity contribution is 5.93. The van der Waals surface area contributed by atoms with Gasteiger partial charge in [-0.15, -0.1) is 0 Å². The van der Waals surface area contributed by atoms with Crippen molar-refractivity contribution in [1.82, 2.24) is 9.80 Å². The van der Waals surface area contributed by atoms with E-state index in [0.29, 0.717) is 0 Å². The van der Waals surface area contributed by atoms with E-state index >= 15 is 0 Å². The van der Waals surface area contributed by atoms with Crippen LogP contribution in [0, 0.1) is 0 Å². The molecule has 0 bridgehead atoms. The van der Waals surface area contributed by atoms with Gasteiger partial charge in [-0.3, -0.25) is 9.69 Å². The Balaban J connectivity index is 2.20. The summed E-state index contributed by atoms with van der Waals surface area (Å²) in [5.41, 5.74) is -0.0179. The lowest BCUT2D eigenvalue weighted by Gasteiger charge is -2.29. The highest BCUT2D eigenvalue weighted by Crippen LogP contribution is 2.26. The van der Waals surface area contributed by atoms with E-state index in [4.69, 9.17) is 14.2 Å². The molecular formula is C22H30N2O7. The minimum Gasteiger partial charge on any atom is -0.467 e. The number of hydrogen-bond donors (Lipinski definition) is 0. The number of esters is 1. The fourth-order valence-corrected chi connectivity index (χ4v) is 3.30. The molecule has 31 heavy (non-hydrogen) atoms. The van der Waals surface area contributed by atoms with Gasteiger partial charge in [0.25, 0.3) is 0 Å². The van der Waals surface area contributed by atoms with Gasteiger partial charge < -0.3 is 14.2 Å². The van der Waals surface area contributed by atoms with Gasteiger partial charge in [-0.1, -0.05) is 37.3 Å². The molecule has 0 saturated carbocycles. The lowest BCUT2D eigenvalue weighted by Crippen LogP contribution is -2.48. The van der Waals surface area contributed by atoms with E-state index in [9.17, 15) is 19.2 Å².